The van der Waals surface area contributed by atoms with Gasteiger partial charge < -0.3 is 9.64 Å². The number of rotatable bonds is 3. The Hall–Kier alpha value is -2.71. The summed E-state index contributed by atoms with van der Waals surface area (Å²) in [4.78, 5) is 36.9. The van der Waals surface area contributed by atoms with Gasteiger partial charge in [-0.15, -0.1) is 11.3 Å². The molecule has 1 amide bonds. The third kappa shape index (κ3) is 3.73. The maximum atomic E-state index is 13.6. The second-order valence-electron chi connectivity index (χ2n) is 9.59. The molecule has 2 aliphatic carbocycles. The Morgan fingerprint density at radius 3 is 2.53 bits per heavy atom. The smallest absolute Gasteiger partial charge is 0.409 e. The van der Waals surface area contributed by atoms with Crippen molar-refractivity contribution in [1.82, 2.24) is 19.4 Å². The predicted molar refractivity (Wildman–Crippen MR) is 133 cm³/mol. The number of thiophene rings is 1. The molecule has 6 rings (SSSR count). The van der Waals surface area contributed by atoms with Crippen LogP contribution in [-0.4, -0.2) is 64.3 Å². The second-order valence-corrected chi connectivity index (χ2v) is 10.7. The van der Waals surface area contributed by atoms with Crippen molar-refractivity contribution < 1.29 is 9.53 Å². The fraction of sp³-hybridized carbons (Fsp3) is 0.500. The van der Waals surface area contributed by atoms with Gasteiger partial charge in [0.25, 0.3) is 5.56 Å². The molecule has 1 aliphatic heterocycles. The number of aromatic nitrogens is 2. The lowest BCUT2D eigenvalue weighted by Crippen LogP contribution is -2.53. The van der Waals surface area contributed by atoms with E-state index >= 15 is 0 Å². The average Bonchev–Trinajstić information content (AvgIpc) is 3.45. The number of hydrogen-bond acceptors (Lipinski definition) is 6. The summed E-state index contributed by atoms with van der Waals surface area (Å²) < 4.78 is 7.03. The zero-order chi connectivity index (χ0) is 23.2. The van der Waals surface area contributed by atoms with Gasteiger partial charge in [0.1, 0.15) is 4.83 Å². The highest BCUT2D eigenvalue weighted by molar-refractivity contribution is 7.18. The zero-order valence-corrected chi connectivity index (χ0v) is 20.4. The Bertz CT molecular complexity index is 1270. The highest BCUT2D eigenvalue weighted by Crippen LogP contribution is 2.36. The molecular weight excluding hydrogens is 448 g/mol. The SMILES string of the molecule is CCOC(=O)N1CCN(C2CCc3c(sc4ncn(C5Cc6ccccc6C5)c(=O)c34)C2)CC1. The lowest BCUT2D eigenvalue weighted by Gasteiger charge is -2.40. The van der Waals surface area contributed by atoms with Crippen molar-refractivity contribution in [1.29, 1.82) is 0 Å². The summed E-state index contributed by atoms with van der Waals surface area (Å²) in [5, 5.41) is 0.851. The molecule has 1 fully saturated rings. The van der Waals surface area contributed by atoms with Gasteiger partial charge in [0.15, 0.2) is 0 Å². The number of piperazine rings is 1. The van der Waals surface area contributed by atoms with E-state index in [0.29, 0.717) is 25.7 Å². The van der Waals surface area contributed by atoms with Gasteiger partial charge in [-0.2, -0.15) is 0 Å². The van der Waals surface area contributed by atoms with E-state index in [9.17, 15) is 9.59 Å². The van der Waals surface area contributed by atoms with Gasteiger partial charge in [-0.05, 0) is 55.7 Å². The van der Waals surface area contributed by atoms with Crippen LogP contribution < -0.4 is 5.56 Å². The summed E-state index contributed by atoms with van der Waals surface area (Å²) in [6, 6.07) is 9.11. The van der Waals surface area contributed by atoms with E-state index in [1.165, 1.54) is 21.6 Å². The molecule has 0 spiro atoms. The lowest BCUT2D eigenvalue weighted by molar-refractivity contribution is 0.0635. The molecule has 0 saturated carbocycles. The van der Waals surface area contributed by atoms with Crippen molar-refractivity contribution in [3.8, 4) is 0 Å². The van der Waals surface area contributed by atoms with Gasteiger partial charge in [-0.25, -0.2) is 9.78 Å². The fourth-order valence-electron chi connectivity index (χ4n) is 5.95. The van der Waals surface area contributed by atoms with Crippen molar-refractivity contribution in [3.05, 3.63) is 62.5 Å². The molecule has 1 saturated heterocycles. The quantitative estimate of drug-likeness (QED) is 0.577. The molecule has 34 heavy (non-hydrogen) atoms. The van der Waals surface area contributed by atoms with E-state index in [2.05, 4.69) is 29.2 Å². The third-order valence-corrected chi connectivity index (χ3v) is 8.91. The number of aryl methyl sites for hydroxylation is 1. The standard InChI is InChI=1S/C26H30N4O3S/c1-2-33-26(32)29-11-9-28(10-12-29)19-7-8-21-22(15-19)34-24-23(21)25(31)30(16-27-24)20-13-17-5-3-4-6-18(17)14-20/h3-6,16,19-20H,2,7-15H2,1H3. The minimum absolute atomic E-state index is 0.127. The normalized spacial score (nSPS) is 21.0. The van der Waals surface area contributed by atoms with Gasteiger partial charge in [0, 0.05) is 43.1 Å². The first kappa shape index (κ1) is 21.8. The molecule has 178 valence electrons. The Labute approximate surface area is 203 Å². The minimum atomic E-state index is -0.203. The summed E-state index contributed by atoms with van der Waals surface area (Å²) in [6.07, 6.45) is 6.29. The summed E-state index contributed by atoms with van der Waals surface area (Å²) in [6.45, 7) is 5.43. The average molecular weight is 479 g/mol. The van der Waals surface area contributed by atoms with E-state index in [4.69, 9.17) is 9.72 Å². The maximum absolute atomic E-state index is 13.6. The number of benzene rings is 1. The van der Waals surface area contributed by atoms with E-state index in [0.717, 1.165) is 55.4 Å². The molecule has 0 N–H and O–H groups in total. The van der Waals surface area contributed by atoms with Gasteiger partial charge in [-0.1, -0.05) is 24.3 Å². The maximum Gasteiger partial charge on any atom is 0.409 e. The molecule has 1 unspecified atom stereocenters. The monoisotopic (exact) mass is 478 g/mol. The Morgan fingerprint density at radius 1 is 1.09 bits per heavy atom. The van der Waals surface area contributed by atoms with Gasteiger partial charge >= 0.3 is 6.09 Å². The van der Waals surface area contributed by atoms with Crippen LogP contribution in [0, 0.1) is 0 Å². The third-order valence-electron chi connectivity index (χ3n) is 7.75. The molecule has 7 nitrogen and oxygen atoms in total. The molecule has 3 aromatic rings. The second kappa shape index (κ2) is 8.82. The number of fused-ring (bicyclic) bond motifs is 4. The van der Waals surface area contributed by atoms with Crippen LogP contribution in [0.4, 0.5) is 4.79 Å². The van der Waals surface area contributed by atoms with Crippen LogP contribution in [0.3, 0.4) is 0 Å². The molecule has 3 heterocycles. The first-order valence-corrected chi connectivity index (χ1v) is 13.2. The van der Waals surface area contributed by atoms with E-state index in [1.807, 2.05) is 11.5 Å². The Balaban J connectivity index is 1.20. The van der Waals surface area contributed by atoms with E-state index in [1.54, 1.807) is 22.6 Å². The number of ether oxygens (including phenoxy) is 1. The first-order chi connectivity index (χ1) is 16.6. The van der Waals surface area contributed by atoms with Gasteiger partial charge in [0.05, 0.1) is 18.3 Å². The van der Waals surface area contributed by atoms with Crippen LogP contribution >= 0.6 is 11.3 Å². The van der Waals surface area contributed by atoms with E-state index in [-0.39, 0.29) is 17.7 Å². The number of carbonyl (C=O) groups excluding carboxylic acids is 1. The number of nitrogens with zero attached hydrogens (tertiary/aromatic N) is 4. The summed E-state index contributed by atoms with van der Waals surface area (Å²) in [7, 11) is 0. The number of amides is 1. The molecular formula is C26H30N4O3S. The van der Waals surface area contributed by atoms with Crippen molar-refractivity contribution in [3.63, 3.8) is 0 Å². The van der Waals surface area contributed by atoms with Crippen LogP contribution in [0.1, 0.15) is 41.0 Å². The van der Waals surface area contributed by atoms with Crippen molar-refractivity contribution >= 4 is 27.6 Å². The first-order valence-electron chi connectivity index (χ1n) is 12.4. The summed E-state index contributed by atoms with van der Waals surface area (Å²) >= 11 is 1.70. The molecule has 2 aromatic heterocycles. The summed E-state index contributed by atoms with van der Waals surface area (Å²) in [5.41, 5.74) is 4.04. The zero-order valence-electron chi connectivity index (χ0n) is 19.5. The van der Waals surface area contributed by atoms with Crippen LogP contribution in [0.15, 0.2) is 35.4 Å². The van der Waals surface area contributed by atoms with E-state index < -0.39 is 0 Å². The molecule has 1 aromatic carbocycles. The van der Waals surface area contributed by atoms with Crippen LogP contribution in [-0.2, 0) is 30.4 Å². The number of carbonyl (C=O) groups is 1. The van der Waals surface area contributed by atoms with Crippen LogP contribution in [0.25, 0.3) is 10.2 Å². The van der Waals surface area contributed by atoms with Crippen molar-refractivity contribution in [2.24, 2.45) is 0 Å². The lowest BCUT2D eigenvalue weighted by atomic mass is 9.91. The van der Waals surface area contributed by atoms with Gasteiger partial charge in [-0.3, -0.25) is 14.3 Å². The Morgan fingerprint density at radius 2 is 1.82 bits per heavy atom. The fourth-order valence-corrected chi connectivity index (χ4v) is 7.20. The predicted octanol–water partition coefficient (Wildman–Crippen LogP) is 3.43. The topological polar surface area (TPSA) is 67.7 Å². The summed E-state index contributed by atoms with van der Waals surface area (Å²) in [5.74, 6) is 0. The highest BCUT2D eigenvalue weighted by atomic mass is 32.1. The van der Waals surface area contributed by atoms with Gasteiger partial charge in [0.2, 0.25) is 0 Å². The molecule has 0 radical (unpaired) electrons. The highest BCUT2D eigenvalue weighted by Gasteiger charge is 2.32. The molecule has 3 aliphatic rings. The molecule has 0 bridgehead atoms. The van der Waals surface area contributed by atoms with Crippen LogP contribution in [0.2, 0.25) is 0 Å². The van der Waals surface area contributed by atoms with Crippen molar-refractivity contribution in [2.45, 2.75) is 51.1 Å². The molecule has 1 atom stereocenters. The Kier molecular flexibility index (Phi) is 5.65. The molecule has 8 heteroatoms. The van der Waals surface area contributed by atoms with Crippen molar-refractivity contribution in [2.75, 3.05) is 32.8 Å². The van der Waals surface area contributed by atoms with Crippen LogP contribution in [0.5, 0.6) is 0 Å². The minimum Gasteiger partial charge on any atom is -0.450 e. The number of hydrogen-bond donors (Lipinski definition) is 0. The largest absolute Gasteiger partial charge is 0.450 e.